The van der Waals surface area contributed by atoms with Gasteiger partial charge in [-0.2, -0.15) is 0 Å². The van der Waals surface area contributed by atoms with Gasteiger partial charge in [-0.05, 0) is 38.1 Å². The molecule has 0 aromatic rings. The maximum absolute atomic E-state index is 6.45. The van der Waals surface area contributed by atoms with E-state index in [1.807, 2.05) is 0 Å². The minimum atomic E-state index is 0.133. The third-order valence-electron chi connectivity index (χ3n) is 4.34. The summed E-state index contributed by atoms with van der Waals surface area (Å²) in [4.78, 5) is 0. The Balaban J connectivity index is 2.46. The molecule has 114 valence electrons. The van der Waals surface area contributed by atoms with Crippen molar-refractivity contribution >= 4 is 0 Å². The van der Waals surface area contributed by atoms with Crippen LogP contribution in [0.5, 0.6) is 0 Å². The lowest BCUT2D eigenvalue weighted by Gasteiger charge is -2.34. The summed E-state index contributed by atoms with van der Waals surface area (Å²) in [7, 11) is 0. The second-order valence-corrected chi connectivity index (χ2v) is 6.48. The van der Waals surface area contributed by atoms with Crippen LogP contribution in [0.15, 0.2) is 0 Å². The zero-order valence-corrected chi connectivity index (χ0v) is 13.5. The molecule has 19 heavy (non-hydrogen) atoms. The maximum atomic E-state index is 6.45. The van der Waals surface area contributed by atoms with Crippen LogP contribution >= 0.6 is 0 Å². The van der Waals surface area contributed by atoms with Crippen LogP contribution in [0, 0.1) is 5.92 Å². The van der Waals surface area contributed by atoms with Gasteiger partial charge in [0.05, 0.1) is 5.60 Å². The van der Waals surface area contributed by atoms with Crippen molar-refractivity contribution in [3.63, 3.8) is 0 Å². The molecule has 2 nitrogen and oxygen atoms in total. The fourth-order valence-electron chi connectivity index (χ4n) is 3.13. The standard InChI is InChI=1S/C17H35NO/c1-4-10-16(3)14-19-17(15-18-13-5-2)11-8-6-7-9-12-17/h16,18H,4-15H2,1-3H3. The van der Waals surface area contributed by atoms with Crippen LogP contribution in [-0.4, -0.2) is 25.3 Å². The third-order valence-corrected chi connectivity index (χ3v) is 4.34. The smallest absolute Gasteiger partial charge is 0.0806 e. The predicted molar refractivity (Wildman–Crippen MR) is 83.6 cm³/mol. The molecule has 1 aliphatic carbocycles. The molecule has 0 saturated heterocycles. The van der Waals surface area contributed by atoms with E-state index in [0.717, 1.165) is 19.7 Å². The number of rotatable bonds is 9. The maximum Gasteiger partial charge on any atom is 0.0806 e. The van der Waals surface area contributed by atoms with Crippen LogP contribution in [0.1, 0.15) is 78.6 Å². The minimum Gasteiger partial charge on any atom is -0.373 e. The van der Waals surface area contributed by atoms with Crippen molar-refractivity contribution in [2.24, 2.45) is 5.92 Å². The molecule has 1 saturated carbocycles. The van der Waals surface area contributed by atoms with Crippen LogP contribution in [-0.2, 0) is 4.74 Å². The molecule has 0 radical (unpaired) electrons. The van der Waals surface area contributed by atoms with Gasteiger partial charge in [-0.1, -0.05) is 52.9 Å². The lowest BCUT2D eigenvalue weighted by molar-refractivity contribution is -0.0681. The monoisotopic (exact) mass is 269 g/mol. The van der Waals surface area contributed by atoms with Crippen molar-refractivity contribution in [2.75, 3.05) is 19.7 Å². The van der Waals surface area contributed by atoms with Gasteiger partial charge in [0.25, 0.3) is 0 Å². The van der Waals surface area contributed by atoms with E-state index in [1.54, 1.807) is 0 Å². The molecule has 1 unspecified atom stereocenters. The molecule has 0 aromatic heterocycles. The summed E-state index contributed by atoms with van der Waals surface area (Å²) in [6.45, 7) is 9.95. The molecule has 2 heteroatoms. The Labute approximate surface area is 120 Å². The Hall–Kier alpha value is -0.0800. The molecule has 0 bridgehead atoms. The molecule has 1 aliphatic rings. The average Bonchev–Trinajstić information content (AvgIpc) is 2.64. The molecular formula is C17H35NO. The van der Waals surface area contributed by atoms with E-state index in [4.69, 9.17) is 4.74 Å². The highest BCUT2D eigenvalue weighted by molar-refractivity contribution is 4.85. The minimum absolute atomic E-state index is 0.133. The second-order valence-electron chi connectivity index (χ2n) is 6.48. The van der Waals surface area contributed by atoms with Crippen molar-refractivity contribution in [1.29, 1.82) is 0 Å². The van der Waals surface area contributed by atoms with Gasteiger partial charge >= 0.3 is 0 Å². The summed E-state index contributed by atoms with van der Waals surface area (Å²) in [5, 5.41) is 3.60. The molecule has 1 fully saturated rings. The first-order valence-electron chi connectivity index (χ1n) is 8.57. The van der Waals surface area contributed by atoms with E-state index in [-0.39, 0.29) is 5.60 Å². The molecule has 0 spiro atoms. The lowest BCUT2D eigenvalue weighted by Crippen LogP contribution is -2.44. The Morgan fingerprint density at radius 2 is 1.74 bits per heavy atom. The van der Waals surface area contributed by atoms with Crippen molar-refractivity contribution in [1.82, 2.24) is 5.32 Å². The summed E-state index contributed by atoms with van der Waals surface area (Å²) in [6, 6.07) is 0. The molecule has 1 atom stereocenters. The van der Waals surface area contributed by atoms with Gasteiger partial charge in [-0.25, -0.2) is 0 Å². The van der Waals surface area contributed by atoms with Gasteiger partial charge in [-0.15, -0.1) is 0 Å². The van der Waals surface area contributed by atoms with Crippen molar-refractivity contribution in [3.05, 3.63) is 0 Å². The van der Waals surface area contributed by atoms with Crippen LogP contribution in [0.4, 0.5) is 0 Å². The summed E-state index contributed by atoms with van der Waals surface area (Å²) in [5.41, 5.74) is 0.133. The average molecular weight is 269 g/mol. The summed E-state index contributed by atoms with van der Waals surface area (Å²) in [5.74, 6) is 0.705. The van der Waals surface area contributed by atoms with E-state index in [1.165, 1.54) is 57.8 Å². The molecule has 0 heterocycles. The summed E-state index contributed by atoms with van der Waals surface area (Å²) < 4.78 is 6.45. The normalized spacial score (nSPS) is 21.0. The summed E-state index contributed by atoms with van der Waals surface area (Å²) in [6.07, 6.45) is 11.7. The van der Waals surface area contributed by atoms with Gasteiger partial charge < -0.3 is 10.1 Å². The predicted octanol–water partition coefficient (Wildman–Crippen LogP) is 4.53. The largest absolute Gasteiger partial charge is 0.373 e. The van der Waals surface area contributed by atoms with Crippen molar-refractivity contribution < 1.29 is 4.74 Å². The summed E-state index contributed by atoms with van der Waals surface area (Å²) >= 11 is 0. The van der Waals surface area contributed by atoms with Crippen LogP contribution in [0.2, 0.25) is 0 Å². The number of nitrogens with one attached hydrogen (secondary N) is 1. The first-order valence-corrected chi connectivity index (χ1v) is 8.57. The van der Waals surface area contributed by atoms with Crippen LogP contribution < -0.4 is 5.32 Å². The van der Waals surface area contributed by atoms with E-state index in [2.05, 4.69) is 26.1 Å². The first-order chi connectivity index (χ1) is 9.22. The first kappa shape index (κ1) is 17.0. The molecule has 1 rings (SSSR count). The Morgan fingerprint density at radius 1 is 1.05 bits per heavy atom. The SMILES string of the molecule is CCCNCC1(OCC(C)CCC)CCCCCC1. The quantitative estimate of drug-likeness (QED) is 0.490. The van der Waals surface area contributed by atoms with E-state index >= 15 is 0 Å². The zero-order valence-electron chi connectivity index (χ0n) is 13.5. The highest BCUT2D eigenvalue weighted by Crippen LogP contribution is 2.31. The van der Waals surface area contributed by atoms with Crippen molar-refractivity contribution in [2.45, 2.75) is 84.2 Å². The molecule has 0 aromatic carbocycles. The highest BCUT2D eigenvalue weighted by atomic mass is 16.5. The van der Waals surface area contributed by atoms with Crippen molar-refractivity contribution in [3.8, 4) is 0 Å². The number of hydrogen-bond donors (Lipinski definition) is 1. The Kier molecular flexibility index (Phi) is 8.72. The second kappa shape index (κ2) is 9.77. The number of hydrogen-bond acceptors (Lipinski definition) is 2. The lowest BCUT2D eigenvalue weighted by atomic mass is 9.93. The molecule has 1 N–H and O–H groups in total. The fourth-order valence-corrected chi connectivity index (χ4v) is 3.13. The van der Waals surface area contributed by atoms with Crippen LogP contribution in [0.25, 0.3) is 0 Å². The molecular weight excluding hydrogens is 234 g/mol. The zero-order chi connectivity index (χ0) is 14.0. The van der Waals surface area contributed by atoms with Gasteiger partial charge in [0.15, 0.2) is 0 Å². The Morgan fingerprint density at radius 3 is 2.32 bits per heavy atom. The Bertz CT molecular complexity index is 209. The molecule has 0 amide bonds. The van der Waals surface area contributed by atoms with Gasteiger partial charge in [-0.3, -0.25) is 0 Å². The van der Waals surface area contributed by atoms with Crippen LogP contribution in [0.3, 0.4) is 0 Å². The van der Waals surface area contributed by atoms with Gasteiger partial charge in [0.2, 0.25) is 0 Å². The van der Waals surface area contributed by atoms with E-state index in [0.29, 0.717) is 5.92 Å². The fraction of sp³-hybridized carbons (Fsp3) is 1.00. The van der Waals surface area contributed by atoms with Gasteiger partial charge in [0.1, 0.15) is 0 Å². The topological polar surface area (TPSA) is 21.3 Å². The van der Waals surface area contributed by atoms with Gasteiger partial charge in [0, 0.05) is 13.2 Å². The number of ether oxygens (including phenoxy) is 1. The third kappa shape index (κ3) is 6.76. The molecule has 0 aliphatic heterocycles. The van der Waals surface area contributed by atoms with E-state index in [9.17, 15) is 0 Å². The van der Waals surface area contributed by atoms with E-state index < -0.39 is 0 Å². The highest BCUT2D eigenvalue weighted by Gasteiger charge is 2.31.